The van der Waals surface area contributed by atoms with E-state index in [2.05, 4.69) is 5.32 Å². The monoisotopic (exact) mass is 243 g/mol. The van der Waals surface area contributed by atoms with Crippen LogP contribution in [0.4, 0.5) is 4.79 Å². The number of likely N-dealkylation sites (tertiary alicyclic amines) is 1. The number of hydrogen-bond donors (Lipinski definition) is 3. The lowest BCUT2D eigenvalue weighted by atomic mass is 9.88. The molecule has 0 aromatic carbocycles. The largest absolute Gasteiger partial charge is 0.481 e. The molecule has 0 saturated carbocycles. The van der Waals surface area contributed by atoms with Crippen LogP contribution in [-0.4, -0.2) is 47.7 Å². The summed E-state index contributed by atoms with van der Waals surface area (Å²) in [7, 11) is 0. The third-order valence-corrected chi connectivity index (χ3v) is 3.44. The van der Waals surface area contributed by atoms with E-state index >= 15 is 0 Å². The first-order valence-corrected chi connectivity index (χ1v) is 5.91. The third-order valence-electron chi connectivity index (χ3n) is 3.44. The molecule has 98 valence electrons. The van der Waals surface area contributed by atoms with E-state index in [1.54, 1.807) is 18.7 Å². The number of carbonyl (C=O) groups is 2. The number of rotatable bonds is 4. The highest BCUT2D eigenvalue weighted by atomic mass is 16.4. The number of nitrogens with one attached hydrogen (secondary N) is 1. The van der Waals surface area contributed by atoms with Crippen LogP contribution in [-0.2, 0) is 4.79 Å². The molecule has 1 aliphatic heterocycles. The van der Waals surface area contributed by atoms with Crippen LogP contribution in [0.2, 0.25) is 0 Å². The fourth-order valence-electron chi connectivity index (χ4n) is 1.71. The Morgan fingerprint density at radius 3 is 2.65 bits per heavy atom. The van der Waals surface area contributed by atoms with E-state index in [-0.39, 0.29) is 18.6 Å². The molecule has 1 fully saturated rings. The van der Waals surface area contributed by atoms with Gasteiger partial charge >= 0.3 is 12.0 Å². The number of carboxylic acid groups (broad SMARTS) is 1. The second-order valence-corrected chi connectivity index (χ2v) is 4.87. The molecule has 4 N–H and O–H groups in total. The molecule has 1 heterocycles. The number of amides is 2. The average Bonchev–Trinajstić information content (AvgIpc) is 2.72. The Labute approximate surface area is 101 Å². The summed E-state index contributed by atoms with van der Waals surface area (Å²) >= 11 is 0. The maximum absolute atomic E-state index is 11.7. The number of nitrogens with zero attached hydrogens (tertiary/aromatic N) is 1. The molecule has 2 atom stereocenters. The molecule has 2 unspecified atom stereocenters. The molecule has 6 nitrogen and oxygen atoms in total. The Hall–Kier alpha value is -1.30. The first-order valence-electron chi connectivity index (χ1n) is 5.91. The lowest BCUT2D eigenvalue weighted by molar-refractivity contribution is -0.147. The number of nitrogens with two attached hydrogens (primary N) is 1. The van der Waals surface area contributed by atoms with Gasteiger partial charge in [-0.05, 0) is 19.8 Å². The van der Waals surface area contributed by atoms with E-state index in [9.17, 15) is 9.59 Å². The van der Waals surface area contributed by atoms with Crippen LogP contribution in [0.25, 0.3) is 0 Å². The van der Waals surface area contributed by atoms with Crippen molar-refractivity contribution in [1.29, 1.82) is 0 Å². The highest BCUT2D eigenvalue weighted by Crippen LogP contribution is 2.20. The summed E-state index contributed by atoms with van der Waals surface area (Å²) in [5.41, 5.74) is 4.80. The maximum atomic E-state index is 11.7. The van der Waals surface area contributed by atoms with Gasteiger partial charge in [-0.3, -0.25) is 4.79 Å². The smallest absolute Gasteiger partial charge is 0.317 e. The van der Waals surface area contributed by atoms with Gasteiger partial charge in [-0.25, -0.2) is 4.79 Å². The van der Waals surface area contributed by atoms with Gasteiger partial charge in [-0.2, -0.15) is 0 Å². The highest BCUT2D eigenvalue weighted by Gasteiger charge is 2.32. The zero-order valence-electron chi connectivity index (χ0n) is 10.4. The van der Waals surface area contributed by atoms with Crippen LogP contribution in [0.1, 0.15) is 26.7 Å². The minimum atomic E-state index is -0.905. The molecule has 1 aliphatic rings. The zero-order valence-corrected chi connectivity index (χ0v) is 10.4. The van der Waals surface area contributed by atoms with Gasteiger partial charge in [0.1, 0.15) is 0 Å². The topological polar surface area (TPSA) is 95.7 Å². The van der Waals surface area contributed by atoms with Crippen molar-refractivity contribution in [1.82, 2.24) is 10.2 Å². The Balaban J connectivity index is 2.45. The minimum absolute atomic E-state index is 0.0396. The number of carboxylic acids is 1. The van der Waals surface area contributed by atoms with Crippen molar-refractivity contribution in [3.63, 3.8) is 0 Å². The highest BCUT2D eigenvalue weighted by molar-refractivity contribution is 5.78. The van der Waals surface area contributed by atoms with E-state index in [4.69, 9.17) is 10.8 Å². The normalized spacial score (nSPS) is 23.2. The molecule has 6 heteroatoms. The van der Waals surface area contributed by atoms with Gasteiger partial charge in [-0.15, -0.1) is 0 Å². The number of carbonyl (C=O) groups excluding carboxylic acids is 1. The predicted molar refractivity (Wildman–Crippen MR) is 63.6 cm³/mol. The van der Waals surface area contributed by atoms with Crippen molar-refractivity contribution >= 4 is 12.0 Å². The fraction of sp³-hybridized carbons (Fsp3) is 0.818. The van der Waals surface area contributed by atoms with Gasteiger partial charge in [0.2, 0.25) is 0 Å². The van der Waals surface area contributed by atoms with E-state index in [0.717, 1.165) is 6.42 Å². The lowest BCUT2D eigenvalue weighted by Gasteiger charge is -2.25. The van der Waals surface area contributed by atoms with Gasteiger partial charge in [0.25, 0.3) is 0 Å². The Bertz CT molecular complexity index is 308. The fourth-order valence-corrected chi connectivity index (χ4v) is 1.71. The first kappa shape index (κ1) is 13.8. The van der Waals surface area contributed by atoms with Gasteiger partial charge in [0.15, 0.2) is 0 Å². The standard InChI is InChI=1S/C11H21N3O3/c1-3-11(2,9(15)16)7-13-10(17)14-5-4-8(12)6-14/h8H,3-7,12H2,1-2H3,(H,13,17)(H,15,16). The molecular weight excluding hydrogens is 222 g/mol. The average molecular weight is 243 g/mol. The van der Waals surface area contributed by atoms with Crippen LogP contribution in [0.3, 0.4) is 0 Å². The number of aliphatic carboxylic acids is 1. The second kappa shape index (κ2) is 5.35. The summed E-state index contributed by atoms with van der Waals surface area (Å²) in [6.45, 7) is 4.76. The third kappa shape index (κ3) is 3.33. The molecule has 2 amide bonds. The molecule has 0 spiro atoms. The summed E-state index contributed by atoms with van der Waals surface area (Å²) < 4.78 is 0. The number of hydrogen-bond acceptors (Lipinski definition) is 3. The molecule has 0 aromatic rings. The second-order valence-electron chi connectivity index (χ2n) is 4.87. The number of urea groups is 1. The van der Waals surface area contributed by atoms with E-state index in [0.29, 0.717) is 19.5 Å². The summed E-state index contributed by atoms with van der Waals surface area (Å²) in [6, 6.07) is -0.184. The molecule has 1 saturated heterocycles. The van der Waals surface area contributed by atoms with Crippen molar-refractivity contribution in [2.24, 2.45) is 11.1 Å². The van der Waals surface area contributed by atoms with E-state index < -0.39 is 11.4 Å². The molecule has 0 bridgehead atoms. The molecule has 17 heavy (non-hydrogen) atoms. The zero-order chi connectivity index (χ0) is 13.1. The summed E-state index contributed by atoms with van der Waals surface area (Å²) in [6.07, 6.45) is 1.28. The molecule has 0 radical (unpaired) electrons. The van der Waals surface area contributed by atoms with Gasteiger partial charge < -0.3 is 21.1 Å². The van der Waals surface area contributed by atoms with Crippen LogP contribution in [0, 0.1) is 5.41 Å². The van der Waals surface area contributed by atoms with Crippen LogP contribution < -0.4 is 11.1 Å². The molecule has 1 rings (SSSR count). The molecule has 0 aliphatic carbocycles. The summed E-state index contributed by atoms with van der Waals surface area (Å²) in [5.74, 6) is -0.890. The van der Waals surface area contributed by atoms with Crippen LogP contribution >= 0.6 is 0 Å². The SMILES string of the molecule is CCC(C)(CNC(=O)N1CCC(N)C1)C(=O)O. The lowest BCUT2D eigenvalue weighted by Crippen LogP contribution is -2.46. The molecular formula is C11H21N3O3. The van der Waals surface area contributed by atoms with Crippen molar-refractivity contribution in [2.45, 2.75) is 32.7 Å². The Morgan fingerprint density at radius 2 is 2.24 bits per heavy atom. The van der Waals surface area contributed by atoms with Crippen LogP contribution in [0.15, 0.2) is 0 Å². The van der Waals surface area contributed by atoms with E-state index in [1.807, 2.05) is 0 Å². The van der Waals surface area contributed by atoms with Crippen molar-refractivity contribution in [3.8, 4) is 0 Å². The molecule has 0 aromatic heterocycles. The summed E-state index contributed by atoms with van der Waals surface area (Å²) in [4.78, 5) is 24.4. The van der Waals surface area contributed by atoms with Gasteiger partial charge in [0, 0.05) is 25.7 Å². The first-order chi connectivity index (χ1) is 7.89. The van der Waals surface area contributed by atoms with Gasteiger partial charge in [0.05, 0.1) is 5.41 Å². The maximum Gasteiger partial charge on any atom is 0.317 e. The van der Waals surface area contributed by atoms with Crippen molar-refractivity contribution in [3.05, 3.63) is 0 Å². The summed E-state index contributed by atoms with van der Waals surface area (Å²) in [5, 5.41) is 11.7. The van der Waals surface area contributed by atoms with Crippen molar-refractivity contribution < 1.29 is 14.7 Å². The Morgan fingerprint density at radius 1 is 1.59 bits per heavy atom. The quantitative estimate of drug-likeness (QED) is 0.658. The Kier molecular flexibility index (Phi) is 4.34. The minimum Gasteiger partial charge on any atom is -0.481 e. The predicted octanol–water partition coefficient (Wildman–Crippen LogP) is 0.230. The van der Waals surface area contributed by atoms with Crippen LogP contribution in [0.5, 0.6) is 0 Å². The van der Waals surface area contributed by atoms with E-state index in [1.165, 1.54) is 0 Å². The van der Waals surface area contributed by atoms with Crippen molar-refractivity contribution in [2.75, 3.05) is 19.6 Å². The van der Waals surface area contributed by atoms with Gasteiger partial charge in [-0.1, -0.05) is 6.92 Å².